The number of nitrogens with zero attached hydrogens (tertiary/aromatic N) is 1. The van der Waals surface area contributed by atoms with Gasteiger partial charge >= 0.3 is 0 Å². The minimum Gasteiger partial charge on any atom is -0.303 e. The molecule has 2 nitrogen and oxygen atoms in total. The van der Waals surface area contributed by atoms with Crippen LogP contribution >= 0.6 is 0 Å². The van der Waals surface area contributed by atoms with Crippen LogP contribution in [0.4, 0.5) is 5.69 Å². The zero-order valence-electron chi connectivity index (χ0n) is 7.79. The molecule has 0 aliphatic heterocycles. The molecule has 1 aromatic rings. The van der Waals surface area contributed by atoms with Gasteiger partial charge in [0.2, 0.25) is 0 Å². The van der Waals surface area contributed by atoms with E-state index in [0.29, 0.717) is 12.1 Å². The monoisotopic (exact) mass is 173 g/mol. The van der Waals surface area contributed by atoms with Crippen LogP contribution in [0.2, 0.25) is 0 Å². The van der Waals surface area contributed by atoms with Crippen LogP contribution in [0, 0.1) is 20.4 Å². The maximum absolute atomic E-state index is 10.3. The molecule has 0 heterocycles. The molecule has 0 amide bonds. The topological polar surface area (TPSA) is 21.4 Å². The predicted molar refractivity (Wildman–Crippen MR) is 51.9 cm³/mol. The Kier molecular flexibility index (Phi) is 2.81. The SMILES string of the molecule is [C-]#[N+]c1c(C)ccc(CC=O)c1C. The van der Waals surface area contributed by atoms with Crippen LogP contribution in [-0.2, 0) is 11.2 Å². The van der Waals surface area contributed by atoms with Gasteiger partial charge in [0, 0.05) is 6.42 Å². The van der Waals surface area contributed by atoms with Crippen LogP contribution in [0.15, 0.2) is 12.1 Å². The normalized spacial score (nSPS) is 9.31. The quantitative estimate of drug-likeness (QED) is 0.497. The first-order valence-electron chi connectivity index (χ1n) is 4.11. The highest BCUT2D eigenvalue weighted by molar-refractivity contribution is 5.65. The highest BCUT2D eigenvalue weighted by Gasteiger charge is 2.05. The van der Waals surface area contributed by atoms with Crippen molar-refractivity contribution < 1.29 is 4.79 Å². The van der Waals surface area contributed by atoms with Crippen molar-refractivity contribution in [3.8, 4) is 0 Å². The molecule has 0 saturated heterocycles. The molecule has 0 aliphatic rings. The number of hydrogen-bond acceptors (Lipinski definition) is 1. The zero-order chi connectivity index (χ0) is 9.84. The van der Waals surface area contributed by atoms with Crippen molar-refractivity contribution in [2.45, 2.75) is 20.3 Å². The Labute approximate surface area is 78.0 Å². The van der Waals surface area contributed by atoms with Gasteiger partial charge in [-0.15, -0.1) is 0 Å². The number of aryl methyl sites for hydroxylation is 1. The van der Waals surface area contributed by atoms with Gasteiger partial charge in [0.15, 0.2) is 5.69 Å². The van der Waals surface area contributed by atoms with Gasteiger partial charge < -0.3 is 4.79 Å². The van der Waals surface area contributed by atoms with Crippen LogP contribution in [0.25, 0.3) is 4.85 Å². The second-order valence-electron chi connectivity index (χ2n) is 3.00. The van der Waals surface area contributed by atoms with Crippen LogP contribution < -0.4 is 0 Å². The summed E-state index contributed by atoms with van der Waals surface area (Å²) in [6.07, 6.45) is 1.26. The minimum absolute atomic E-state index is 0.397. The first-order valence-corrected chi connectivity index (χ1v) is 4.11. The number of hydrogen-bond donors (Lipinski definition) is 0. The molecule has 13 heavy (non-hydrogen) atoms. The number of rotatable bonds is 2. The standard InChI is InChI=1S/C11H11NO/c1-8-4-5-10(6-7-13)9(2)11(8)12-3/h4-5,7H,6H2,1-2H3. The summed E-state index contributed by atoms with van der Waals surface area (Å²) in [5, 5.41) is 0. The van der Waals surface area contributed by atoms with Crippen molar-refractivity contribution in [1.29, 1.82) is 0 Å². The molecule has 0 saturated carbocycles. The van der Waals surface area contributed by atoms with Crippen molar-refractivity contribution >= 4 is 12.0 Å². The van der Waals surface area contributed by atoms with Crippen LogP contribution in [0.3, 0.4) is 0 Å². The molecule has 0 spiro atoms. The van der Waals surface area contributed by atoms with Crippen LogP contribution in [-0.4, -0.2) is 6.29 Å². The smallest absolute Gasteiger partial charge is 0.193 e. The average Bonchev–Trinajstić information content (AvgIpc) is 2.11. The highest BCUT2D eigenvalue weighted by atomic mass is 16.1. The van der Waals surface area contributed by atoms with E-state index < -0.39 is 0 Å². The number of carbonyl (C=O) groups excluding carboxylic acids is 1. The van der Waals surface area contributed by atoms with E-state index in [1.54, 1.807) is 0 Å². The first-order chi connectivity index (χ1) is 6.20. The summed E-state index contributed by atoms with van der Waals surface area (Å²) in [4.78, 5) is 13.8. The van der Waals surface area contributed by atoms with Gasteiger partial charge in [0.1, 0.15) is 6.29 Å². The van der Waals surface area contributed by atoms with E-state index in [0.717, 1.165) is 23.0 Å². The Morgan fingerprint density at radius 3 is 2.69 bits per heavy atom. The molecule has 0 aromatic heterocycles. The predicted octanol–water partition coefficient (Wildman–Crippen LogP) is 2.60. The van der Waals surface area contributed by atoms with E-state index in [4.69, 9.17) is 6.57 Å². The highest BCUT2D eigenvalue weighted by Crippen LogP contribution is 2.26. The summed E-state index contributed by atoms with van der Waals surface area (Å²) in [7, 11) is 0. The third-order valence-electron chi connectivity index (χ3n) is 2.16. The fourth-order valence-electron chi connectivity index (χ4n) is 1.36. The minimum atomic E-state index is 0.397. The molecular weight excluding hydrogens is 162 g/mol. The van der Waals surface area contributed by atoms with E-state index in [-0.39, 0.29) is 0 Å². The summed E-state index contributed by atoms with van der Waals surface area (Å²) >= 11 is 0. The van der Waals surface area contributed by atoms with Crippen LogP contribution in [0.1, 0.15) is 16.7 Å². The Morgan fingerprint density at radius 2 is 2.15 bits per heavy atom. The van der Waals surface area contributed by atoms with Gasteiger partial charge in [-0.2, -0.15) is 0 Å². The van der Waals surface area contributed by atoms with Crippen molar-refractivity contribution in [2.75, 3.05) is 0 Å². The molecule has 1 rings (SSSR count). The van der Waals surface area contributed by atoms with Gasteiger partial charge in [-0.25, -0.2) is 4.85 Å². The van der Waals surface area contributed by atoms with Gasteiger partial charge in [0.05, 0.1) is 6.57 Å². The summed E-state index contributed by atoms with van der Waals surface area (Å²) in [5.41, 5.74) is 3.54. The molecule has 0 atom stereocenters. The molecule has 0 radical (unpaired) electrons. The lowest BCUT2D eigenvalue weighted by atomic mass is 10.0. The lowest BCUT2D eigenvalue weighted by Crippen LogP contribution is -1.91. The molecule has 0 fully saturated rings. The van der Waals surface area contributed by atoms with Gasteiger partial charge in [-0.3, -0.25) is 0 Å². The average molecular weight is 173 g/mol. The van der Waals surface area contributed by atoms with Crippen molar-refractivity contribution in [3.05, 3.63) is 40.2 Å². The summed E-state index contributed by atoms with van der Waals surface area (Å²) in [5.74, 6) is 0. The van der Waals surface area contributed by atoms with E-state index >= 15 is 0 Å². The van der Waals surface area contributed by atoms with Gasteiger partial charge in [-0.05, 0) is 30.5 Å². The summed E-state index contributed by atoms with van der Waals surface area (Å²) < 4.78 is 0. The Hall–Kier alpha value is -1.62. The Morgan fingerprint density at radius 1 is 1.46 bits per heavy atom. The molecule has 66 valence electrons. The second kappa shape index (κ2) is 3.86. The summed E-state index contributed by atoms with van der Waals surface area (Å²) in [6, 6.07) is 3.80. The van der Waals surface area contributed by atoms with E-state index in [1.165, 1.54) is 0 Å². The van der Waals surface area contributed by atoms with Crippen molar-refractivity contribution in [2.24, 2.45) is 0 Å². The van der Waals surface area contributed by atoms with E-state index in [2.05, 4.69) is 4.85 Å². The lowest BCUT2D eigenvalue weighted by Gasteiger charge is -2.06. The van der Waals surface area contributed by atoms with Crippen molar-refractivity contribution in [1.82, 2.24) is 0 Å². The van der Waals surface area contributed by atoms with Gasteiger partial charge in [0.25, 0.3) is 0 Å². The Bertz CT molecular complexity index is 374. The fraction of sp³-hybridized carbons (Fsp3) is 0.273. The van der Waals surface area contributed by atoms with E-state index in [1.807, 2.05) is 26.0 Å². The summed E-state index contributed by atoms with van der Waals surface area (Å²) in [6.45, 7) is 10.8. The number of carbonyl (C=O) groups is 1. The van der Waals surface area contributed by atoms with Crippen LogP contribution in [0.5, 0.6) is 0 Å². The molecule has 1 aromatic carbocycles. The molecule has 0 unspecified atom stereocenters. The van der Waals surface area contributed by atoms with E-state index in [9.17, 15) is 4.79 Å². The third-order valence-corrected chi connectivity index (χ3v) is 2.16. The van der Waals surface area contributed by atoms with Gasteiger partial charge in [-0.1, -0.05) is 12.1 Å². The molecule has 0 aliphatic carbocycles. The maximum Gasteiger partial charge on any atom is 0.193 e. The fourth-order valence-corrected chi connectivity index (χ4v) is 1.36. The lowest BCUT2D eigenvalue weighted by molar-refractivity contribution is -0.107. The first kappa shape index (κ1) is 9.47. The number of aldehydes is 1. The Balaban J connectivity index is 3.29. The van der Waals surface area contributed by atoms with Crippen molar-refractivity contribution in [3.63, 3.8) is 0 Å². The molecule has 0 N–H and O–H groups in total. The molecule has 0 bridgehead atoms. The maximum atomic E-state index is 10.3. The molecular formula is C11H11NO. The number of benzene rings is 1. The largest absolute Gasteiger partial charge is 0.303 e. The molecule has 2 heteroatoms. The third kappa shape index (κ3) is 1.75. The zero-order valence-corrected chi connectivity index (χ0v) is 7.79. The second-order valence-corrected chi connectivity index (χ2v) is 3.00.